The van der Waals surface area contributed by atoms with Crippen LogP contribution in [0.25, 0.3) is 0 Å². The molecule has 0 unspecified atom stereocenters. The lowest BCUT2D eigenvalue weighted by Gasteiger charge is -2.06. The van der Waals surface area contributed by atoms with E-state index in [1.807, 2.05) is 0 Å². The molecule has 0 saturated heterocycles. The van der Waals surface area contributed by atoms with E-state index in [1.54, 1.807) is 6.08 Å². The van der Waals surface area contributed by atoms with Crippen molar-refractivity contribution in [2.75, 3.05) is 32.8 Å². The Balaban J connectivity index is 3.59. The fourth-order valence-corrected chi connectivity index (χ4v) is 0.928. The van der Waals surface area contributed by atoms with Gasteiger partial charge in [0.25, 0.3) is 0 Å². The SMILES string of the molecule is C=CCNCCOC(=O)C(=O)OCCNC(=O)C=C. The molecule has 0 atom stereocenters. The van der Waals surface area contributed by atoms with Gasteiger partial charge in [-0.25, -0.2) is 9.59 Å². The second-order valence-electron chi connectivity index (χ2n) is 3.26. The zero-order valence-corrected chi connectivity index (χ0v) is 10.6. The minimum atomic E-state index is -1.09. The Morgan fingerprint density at radius 1 is 1.00 bits per heavy atom. The van der Waals surface area contributed by atoms with E-state index in [1.165, 1.54) is 0 Å². The lowest BCUT2D eigenvalue weighted by molar-refractivity contribution is -0.167. The molecule has 0 fully saturated rings. The highest BCUT2D eigenvalue weighted by molar-refractivity contribution is 6.29. The summed E-state index contributed by atoms with van der Waals surface area (Å²) in [7, 11) is 0. The second-order valence-corrected chi connectivity index (χ2v) is 3.26. The molecule has 0 aliphatic rings. The van der Waals surface area contributed by atoms with Gasteiger partial charge in [-0.2, -0.15) is 0 Å². The van der Waals surface area contributed by atoms with Crippen molar-refractivity contribution >= 4 is 17.8 Å². The van der Waals surface area contributed by atoms with Gasteiger partial charge in [0.05, 0.1) is 6.54 Å². The van der Waals surface area contributed by atoms with Gasteiger partial charge in [0.1, 0.15) is 13.2 Å². The molecule has 19 heavy (non-hydrogen) atoms. The standard InChI is InChI=1S/C12H18N2O5/c1-3-5-13-6-8-18-11(16)12(17)19-9-7-14-10(15)4-2/h3-4,13H,1-2,5-9H2,(H,14,15). The highest BCUT2D eigenvalue weighted by Gasteiger charge is 2.16. The van der Waals surface area contributed by atoms with Gasteiger partial charge >= 0.3 is 11.9 Å². The monoisotopic (exact) mass is 270 g/mol. The molecule has 7 heteroatoms. The zero-order valence-electron chi connectivity index (χ0n) is 10.6. The van der Waals surface area contributed by atoms with Crippen LogP contribution in [-0.2, 0) is 23.9 Å². The second kappa shape index (κ2) is 11.0. The van der Waals surface area contributed by atoms with Crippen LogP contribution in [0, 0.1) is 0 Å². The fraction of sp³-hybridized carbons (Fsp3) is 0.417. The zero-order chi connectivity index (χ0) is 14.5. The van der Waals surface area contributed by atoms with E-state index < -0.39 is 11.9 Å². The highest BCUT2D eigenvalue weighted by atomic mass is 16.6. The molecule has 106 valence electrons. The summed E-state index contributed by atoms with van der Waals surface area (Å²) in [5.41, 5.74) is 0. The summed E-state index contributed by atoms with van der Waals surface area (Å²) in [6.07, 6.45) is 2.75. The van der Waals surface area contributed by atoms with Crippen molar-refractivity contribution in [2.45, 2.75) is 0 Å². The predicted molar refractivity (Wildman–Crippen MR) is 68.2 cm³/mol. The summed E-state index contributed by atoms with van der Waals surface area (Å²) in [6, 6.07) is 0. The molecule has 0 saturated carbocycles. The van der Waals surface area contributed by atoms with Gasteiger partial charge < -0.3 is 20.1 Å². The van der Waals surface area contributed by atoms with E-state index in [0.29, 0.717) is 13.1 Å². The van der Waals surface area contributed by atoms with Crippen LogP contribution in [0.5, 0.6) is 0 Å². The number of carbonyl (C=O) groups excluding carboxylic acids is 3. The molecule has 0 rings (SSSR count). The smallest absolute Gasteiger partial charge is 0.417 e. The topological polar surface area (TPSA) is 93.7 Å². The van der Waals surface area contributed by atoms with Gasteiger partial charge in [0.2, 0.25) is 5.91 Å². The van der Waals surface area contributed by atoms with Crippen molar-refractivity contribution in [3.63, 3.8) is 0 Å². The van der Waals surface area contributed by atoms with Crippen LogP contribution < -0.4 is 10.6 Å². The first kappa shape index (κ1) is 16.9. The Hall–Kier alpha value is -2.15. The summed E-state index contributed by atoms with van der Waals surface area (Å²) in [6.45, 7) is 7.82. The van der Waals surface area contributed by atoms with Crippen molar-refractivity contribution in [1.29, 1.82) is 0 Å². The van der Waals surface area contributed by atoms with Gasteiger partial charge in [0, 0.05) is 13.1 Å². The Kier molecular flexibility index (Phi) is 9.73. The lowest BCUT2D eigenvalue weighted by Crippen LogP contribution is -2.29. The van der Waals surface area contributed by atoms with Crippen LogP contribution in [-0.4, -0.2) is 50.7 Å². The van der Waals surface area contributed by atoms with Crippen LogP contribution in [0.4, 0.5) is 0 Å². The van der Waals surface area contributed by atoms with Gasteiger partial charge in [-0.3, -0.25) is 4.79 Å². The van der Waals surface area contributed by atoms with E-state index in [4.69, 9.17) is 0 Å². The molecule has 0 spiro atoms. The number of rotatable bonds is 9. The summed E-state index contributed by atoms with van der Waals surface area (Å²) in [4.78, 5) is 33.0. The number of hydrogen-bond acceptors (Lipinski definition) is 6. The van der Waals surface area contributed by atoms with Gasteiger partial charge in [-0.15, -0.1) is 6.58 Å². The highest BCUT2D eigenvalue weighted by Crippen LogP contribution is 1.84. The molecule has 2 N–H and O–H groups in total. The van der Waals surface area contributed by atoms with Crippen LogP contribution in [0.2, 0.25) is 0 Å². The molecule has 0 aromatic carbocycles. The quantitative estimate of drug-likeness (QED) is 0.186. The van der Waals surface area contributed by atoms with Crippen LogP contribution in [0.3, 0.4) is 0 Å². The largest absolute Gasteiger partial charge is 0.456 e. The van der Waals surface area contributed by atoms with Crippen LogP contribution in [0.15, 0.2) is 25.3 Å². The average Bonchev–Trinajstić information content (AvgIpc) is 2.42. The number of esters is 2. The molecule has 7 nitrogen and oxygen atoms in total. The number of hydrogen-bond donors (Lipinski definition) is 2. The van der Waals surface area contributed by atoms with Gasteiger partial charge in [0.15, 0.2) is 0 Å². The molecule has 0 bridgehead atoms. The van der Waals surface area contributed by atoms with Gasteiger partial charge in [-0.1, -0.05) is 12.7 Å². The van der Waals surface area contributed by atoms with Crippen molar-refractivity contribution < 1.29 is 23.9 Å². The van der Waals surface area contributed by atoms with E-state index in [-0.39, 0.29) is 25.7 Å². The van der Waals surface area contributed by atoms with Crippen molar-refractivity contribution in [1.82, 2.24) is 10.6 Å². The molecule has 0 radical (unpaired) electrons. The molecular weight excluding hydrogens is 252 g/mol. The molecule has 0 aromatic rings. The molecule has 0 aliphatic heterocycles. The minimum absolute atomic E-state index is 0.0645. The number of amides is 1. The molecule has 0 heterocycles. The van der Waals surface area contributed by atoms with Crippen molar-refractivity contribution in [3.8, 4) is 0 Å². The summed E-state index contributed by atoms with van der Waals surface area (Å²) < 4.78 is 9.21. The van der Waals surface area contributed by atoms with Crippen LogP contribution >= 0.6 is 0 Å². The third kappa shape index (κ3) is 9.54. The third-order valence-electron chi connectivity index (χ3n) is 1.79. The van der Waals surface area contributed by atoms with Crippen LogP contribution in [0.1, 0.15) is 0 Å². The normalized spacial score (nSPS) is 9.26. The average molecular weight is 270 g/mol. The van der Waals surface area contributed by atoms with E-state index >= 15 is 0 Å². The van der Waals surface area contributed by atoms with E-state index in [0.717, 1.165) is 6.08 Å². The van der Waals surface area contributed by atoms with E-state index in [2.05, 4.69) is 33.3 Å². The minimum Gasteiger partial charge on any atom is -0.456 e. The maximum absolute atomic E-state index is 11.1. The van der Waals surface area contributed by atoms with Gasteiger partial charge in [-0.05, 0) is 6.08 Å². The van der Waals surface area contributed by atoms with Crippen molar-refractivity contribution in [3.05, 3.63) is 25.3 Å². The predicted octanol–water partition coefficient (Wildman–Crippen LogP) is -0.849. The van der Waals surface area contributed by atoms with Crippen molar-refractivity contribution in [2.24, 2.45) is 0 Å². The maximum atomic E-state index is 11.1. The Bertz CT molecular complexity index is 341. The molecule has 1 amide bonds. The molecular formula is C12H18N2O5. The Morgan fingerprint density at radius 3 is 2.11 bits per heavy atom. The third-order valence-corrected chi connectivity index (χ3v) is 1.79. The first-order chi connectivity index (χ1) is 9.11. The molecule has 0 aliphatic carbocycles. The van der Waals surface area contributed by atoms with E-state index in [9.17, 15) is 14.4 Å². The first-order valence-corrected chi connectivity index (χ1v) is 5.67. The fourth-order valence-electron chi connectivity index (χ4n) is 0.928. The Morgan fingerprint density at radius 2 is 1.58 bits per heavy atom. The number of nitrogens with one attached hydrogen (secondary N) is 2. The Labute approximate surface area is 111 Å². The summed E-state index contributed by atoms with van der Waals surface area (Å²) in [5.74, 6) is -2.53. The number of ether oxygens (including phenoxy) is 2. The summed E-state index contributed by atoms with van der Waals surface area (Å²) in [5, 5.41) is 5.28. The lowest BCUT2D eigenvalue weighted by atomic mass is 10.5. The molecule has 0 aromatic heterocycles. The summed E-state index contributed by atoms with van der Waals surface area (Å²) >= 11 is 0. The number of carbonyl (C=O) groups is 3. The first-order valence-electron chi connectivity index (χ1n) is 5.67. The maximum Gasteiger partial charge on any atom is 0.417 e.